The van der Waals surface area contributed by atoms with E-state index in [9.17, 15) is 28.5 Å². The van der Waals surface area contributed by atoms with Gasteiger partial charge in [0.1, 0.15) is 11.6 Å². The molecular weight excluding hydrogens is 390 g/mol. The quantitative estimate of drug-likeness (QED) is 0.380. The predicted octanol–water partition coefficient (Wildman–Crippen LogP) is 3.93. The third-order valence-electron chi connectivity index (χ3n) is 3.70. The van der Waals surface area contributed by atoms with Crippen molar-refractivity contribution in [3.05, 3.63) is 82.1 Å². The van der Waals surface area contributed by atoms with Crippen molar-refractivity contribution in [2.75, 3.05) is 11.9 Å². The molecule has 29 heavy (non-hydrogen) atoms. The van der Waals surface area contributed by atoms with Crippen LogP contribution < -0.4 is 5.32 Å². The summed E-state index contributed by atoms with van der Waals surface area (Å²) in [5, 5.41) is 13.0. The van der Waals surface area contributed by atoms with Crippen LogP contribution in [0.3, 0.4) is 0 Å². The number of nitro groups is 1. The number of rotatable bonds is 6. The van der Waals surface area contributed by atoms with Crippen molar-refractivity contribution in [3.63, 3.8) is 0 Å². The van der Waals surface area contributed by atoms with Gasteiger partial charge in [-0.1, -0.05) is 0 Å². The number of anilines is 1. The maximum absolute atomic E-state index is 13.3. The van der Waals surface area contributed by atoms with Gasteiger partial charge < -0.3 is 14.5 Å². The third-order valence-corrected chi connectivity index (χ3v) is 3.70. The lowest BCUT2D eigenvalue weighted by Crippen LogP contribution is -2.20. The highest BCUT2D eigenvalue weighted by Crippen LogP contribution is 2.23. The summed E-state index contributed by atoms with van der Waals surface area (Å²) in [6, 6.07) is 11.0. The van der Waals surface area contributed by atoms with Crippen LogP contribution in [0.15, 0.2) is 59.0 Å². The van der Waals surface area contributed by atoms with E-state index in [1.807, 2.05) is 0 Å². The second kappa shape index (κ2) is 8.30. The van der Waals surface area contributed by atoms with Gasteiger partial charge in [-0.3, -0.25) is 14.9 Å². The number of ether oxygens (including phenoxy) is 1. The highest BCUT2D eigenvalue weighted by Gasteiger charge is 2.18. The van der Waals surface area contributed by atoms with Crippen LogP contribution in [0.1, 0.15) is 10.6 Å². The second-order valence-electron chi connectivity index (χ2n) is 5.72. The fourth-order valence-corrected chi connectivity index (χ4v) is 2.35. The van der Waals surface area contributed by atoms with Crippen molar-refractivity contribution in [2.45, 2.75) is 0 Å². The molecule has 0 saturated heterocycles. The highest BCUT2D eigenvalue weighted by atomic mass is 19.1. The van der Waals surface area contributed by atoms with Crippen molar-refractivity contribution < 1.29 is 32.4 Å². The topological polar surface area (TPSA) is 112 Å². The average Bonchev–Trinajstić information content (AvgIpc) is 3.18. The van der Waals surface area contributed by atoms with Crippen LogP contribution in [0.5, 0.6) is 0 Å². The Kier molecular flexibility index (Phi) is 5.63. The van der Waals surface area contributed by atoms with Gasteiger partial charge in [0.25, 0.3) is 5.91 Å². The van der Waals surface area contributed by atoms with Gasteiger partial charge in [0.05, 0.1) is 4.92 Å². The highest BCUT2D eigenvalue weighted by molar-refractivity contribution is 5.95. The molecular formula is C19H12F2N2O6. The molecule has 0 atom stereocenters. The molecule has 10 heteroatoms. The van der Waals surface area contributed by atoms with Crippen molar-refractivity contribution in [2.24, 2.45) is 0 Å². The number of esters is 1. The maximum Gasteiger partial charge on any atom is 0.374 e. The van der Waals surface area contributed by atoms with Gasteiger partial charge in [-0.05, 0) is 48.5 Å². The molecule has 8 nitrogen and oxygen atoms in total. The second-order valence-corrected chi connectivity index (χ2v) is 5.72. The molecule has 0 spiro atoms. The molecule has 0 radical (unpaired) electrons. The van der Waals surface area contributed by atoms with Gasteiger partial charge >= 0.3 is 11.7 Å². The van der Waals surface area contributed by atoms with Crippen molar-refractivity contribution >= 4 is 23.3 Å². The van der Waals surface area contributed by atoms with E-state index >= 15 is 0 Å². The van der Waals surface area contributed by atoms with E-state index in [1.165, 1.54) is 36.4 Å². The molecule has 148 valence electrons. The van der Waals surface area contributed by atoms with Crippen LogP contribution in [0.2, 0.25) is 0 Å². The molecule has 0 bridgehead atoms. The molecule has 1 amide bonds. The molecule has 0 aliphatic heterocycles. The number of furan rings is 1. The summed E-state index contributed by atoms with van der Waals surface area (Å²) in [6.45, 7) is -0.698. The summed E-state index contributed by atoms with van der Waals surface area (Å²) < 4.78 is 36.4. The molecule has 0 saturated carbocycles. The minimum absolute atomic E-state index is 0.0317. The number of benzene rings is 2. The first-order chi connectivity index (χ1) is 13.8. The smallest absolute Gasteiger partial charge is 0.374 e. The van der Waals surface area contributed by atoms with E-state index < -0.39 is 40.7 Å². The lowest BCUT2D eigenvalue weighted by molar-refractivity contribution is -0.387. The van der Waals surface area contributed by atoms with Gasteiger partial charge in [0, 0.05) is 17.3 Å². The molecule has 1 heterocycles. The standard InChI is InChI=1S/C19H12F2N2O6/c20-12-3-1-11(2-4-12)16-7-8-17(29-16)19(25)28-10-18(24)22-13-5-6-14(21)15(9-13)23(26)27/h1-9H,10H2,(H,22,24). The van der Waals surface area contributed by atoms with Gasteiger partial charge in [0.2, 0.25) is 11.6 Å². The zero-order valence-corrected chi connectivity index (χ0v) is 14.6. The number of nitrogens with zero attached hydrogens (tertiary/aromatic N) is 1. The fraction of sp³-hybridized carbons (Fsp3) is 0.0526. The van der Waals surface area contributed by atoms with E-state index in [2.05, 4.69) is 5.32 Å². The summed E-state index contributed by atoms with van der Waals surface area (Å²) >= 11 is 0. The Morgan fingerprint density at radius 2 is 1.79 bits per heavy atom. The monoisotopic (exact) mass is 402 g/mol. The number of amides is 1. The lowest BCUT2D eigenvalue weighted by atomic mass is 10.2. The first-order valence-corrected chi connectivity index (χ1v) is 8.10. The molecule has 3 aromatic rings. The Morgan fingerprint density at radius 1 is 1.07 bits per heavy atom. The van der Waals surface area contributed by atoms with Crippen LogP contribution in [0.4, 0.5) is 20.2 Å². The summed E-state index contributed by atoms with van der Waals surface area (Å²) in [7, 11) is 0. The fourth-order valence-electron chi connectivity index (χ4n) is 2.35. The number of hydrogen-bond acceptors (Lipinski definition) is 6. The first-order valence-electron chi connectivity index (χ1n) is 8.10. The van der Waals surface area contributed by atoms with Crippen LogP contribution >= 0.6 is 0 Å². The minimum Gasteiger partial charge on any atom is -0.450 e. The molecule has 2 aromatic carbocycles. The van der Waals surface area contributed by atoms with Crippen LogP contribution in [0, 0.1) is 21.7 Å². The van der Waals surface area contributed by atoms with E-state index in [4.69, 9.17) is 9.15 Å². The summed E-state index contributed by atoms with van der Waals surface area (Å²) in [5.41, 5.74) is -0.291. The van der Waals surface area contributed by atoms with E-state index in [-0.39, 0.29) is 11.4 Å². The van der Waals surface area contributed by atoms with Gasteiger partial charge in [0.15, 0.2) is 6.61 Å². The van der Waals surface area contributed by atoms with Crippen LogP contribution in [-0.2, 0) is 9.53 Å². The normalized spacial score (nSPS) is 10.4. The van der Waals surface area contributed by atoms with E-state index in [1.54, 1.807) is 0 Å². The van der Waals surface area contributed by atoms with Crippen molar-refractivity contribution in [3.8, 4) is 11.3 Å². The largest absolute Gasteiger partial charge is 0.450 e. The van der Waals surface area contributed by atoms with Gasteiger partial charge in [-0.25, -0.2) is 9.18 Å². The molecule has 0 aliphatic rings. The summed E-state index contributed by atoms with van der Waals surface area (Å²) in [5.74, 6) is -3.04. The summed E-state index contributed by atoms with van der Waals surface area (Å²) in [6.07, 6.45) is 0. The zero-order chi connectivity index (χ0) is 21.0. The molecule has 0 aliphatic carbocycles. The maximum atomic E-state index is 13.3. The Labute approximate surface area is 161 Å². The van der Waals surface area contributed by atoms with Crippen LogP contribution in [-0.4, -0.2) is 23.4 Å². The third kappa shape index (κ3) is 4.80. The van der Waals surface area contributed by atoms with E-state index in [0.29, 0.717) is 11.3 Å². The Bertz CT molecular complexity index is 1080. The van der Waals surface area contributed by atoms with Gasteiger partial charge in [-0.2, -0.15) is 4.39 Å². The van der Waals surface area contributed by atoms with Gasteiger partial charge in [-0.15, -0.1) is 0 Å². The Hall–Kier alpha value is -4.08. The molecule has 0 unspecified atom stereocenters. The zero-order valence-electron chi connectivity index (χ0n) is 14.6. The van der Waals surface area contributed by atoms with Crippen molar-refractivity contribution in [1.29, 1.82) is 0 Å². The summed E-state index contributed by atoms with van der Waals surface area (Å²) in [4.78, 5) is 33.6. The van der Waals surface area contributed by atoms with Crippen molar-refractivity contribution in [1.82, 2.24) is 0 Å². The average molecular weight is 402 g/mol. The Balaban J connectivity index is 1.58. The SMILES string of the molecule is O=C(COC(=O)c1ccc(-c2ccc(F)cc2)o1)Nc1ccc(F)c([N+](=O)[O-])c1. The molecule has 1 aromatic heterocycles. The minimum atomic E-state index is -1.05. The predicted molar refractivity (Wildman–Crippen MR) is 96.1 cm³/mol. The number of carbonyl (C=O) groups is 2. The Morgan fingerprint density at radius 3 is 2.48 bits per heavy atom. The van der Waals surface area contributed by atoms with Crippen LogP contribution in [0.25, 0.3) is 11.3 Å². The number of halogens is 2. The molecule has 1 N–H and O–H groups in total. The molecule has 0 fully saturated rings. The first kappa shape index (κ1) is 19.7. The lowest BCUT2D eigenvalue weighted by Gasteiger charge is -2.06. The number of carbonyl (C=O) groups excluding carboxylic acids is 2. The number of nitro benzene ring substituents is 1. The van der Waals surface area contributed by atoms with E-state index in [0.717, 1.165) is 18.2 Å². The number of nitrogens with one attached hydrogen (secondary N) is 1. The molecule has 3 rings (SSSR count). The number of hydrogen-bond donors (Lipinski definition) is 1.